The fraction of sp³-hybridized carbons (Fsp3) is 0.385. The van der Waals surface area contributed by atoms with Gasteiger partial charge in [0.05, 0.1) is 6.61 Å². The highest BCUT2D eigenvalue weighted by Crippen LogP contribution is 2.17. The highest BCUT2D eigenvalue weighted by Gasteiger charge is 2.03. The van der Waals surface area contributed by atoms with E-state index in [1.165, 1.54) is 0 Å². The molecule has 0 aliphatic heterocycles. The molecule has 0 fully saturated rings. The van der Waals surface area contributed by atoms with E-state index in [2.05, 4.69) is 19.8 Å². The average molecular weight is 204 g/mol. The number of rotatable bonds is 4. The molecule has 0 aliphatic rings. The molecule has 0 radical (unpaired) electrons. The van der Waals surface area contributed by atoms with Crippen LogP contribution in [0.3, 0.4) is 0 Å². The van der Waals surface area contributed by atoms with Crippen molar-refractivity contribution >= 4 is 0 Å². The van der Waals surface area contributed by atoms with Crippen molar-refractivity contribution in [3.63, 3.8) is 0 Å². The molecule has 1 unspecified atom stereocenters. The van der Waals surface area contributed by atoms with E-state index < -0.39 is 6.10 Å². The Labute approximate surface area is 90.9 Å². The smallest absolute Gasteiger partial charge is 0.139 e. The molecule has 0 aromatic heterocycles. The Balaban J connectivity index is 2.61. The van der Waals surface area contributed by atoms with Gasteiger partial charge in [0.25, 0.3) is 0 Å². The lowest BCUT2D eigenvalue weighted by molar-refractivity contribution is 0.238. The molecule has 1 aromatic rings. The van der Waals surface area contributed by atoms with Crippen LogP contribution in [0.1, 0.15) is 25.5 Å². The standard InChI is InChI=1S/C13H16O2/c1-4-13(14)11-5-7-12(8-6-11)15-9-10(2)3/h1,5-8,10,13-14H,9H2,2-3H3. The maximum absolute atomic E-state index is 9.36. The molecule has 15 heavy (non-hydrogen) atoms. The summed E-state index contributed by atoms with van der Waals surface area (Å²) in [5, 5.41) is 9.36. The van der Waals surface area contributed by atoms with Crippen LogP contribution in [0.25, 0.3) is 0 Å². The summed E-state index contributed by atoms with van der Waals surface area (Å²) in [5.41, 5.74) is 0.717. The summed E-state index contributed by atoms with van der Waals surface area (Å²) in [4.78, 5) is 0. The molecule has 0 heterocycles. The summed E-state index contributed by atoms with van der Waals surface area (Å²) in [6.07, 6.45) is 4.28. The van der Waals surface area contributed by atoms with Gasteiger partial charge in [-0.3, -0.25) is 0 Å². The van der Waals surface area contributed by atoms with Crippen molar-refractivity contribution in [2.45, 2.75) is 20.0 Å². The quantitative estimate of drug-likeness (QED) is 0.763. The van der Waals surface area contributed by atoms with E-state index in [-0.39, 0.29) is 0 Å². The second kappa shape index (κ2) is 5.43. The van der Waals surface area contributed by atoms with Crippen LogP contribution < -0.4 is 4.74 Å². The Bertz CT molecular complexity index is 333. The number of terminal acetylenes is 1. The Hall–Kier alpha value is -1.46. The first-order valence-electron chi connectivity index (χ1n) is 5.00. The topological polar surface area (TPSA) is 29.5 Å². The lowest BCUT2D eigenvalue weighted by Gasteiger charge is -2.09. The monoisotopic (exact) mass is 204 g/mol. The van der Waals surface area contributed by atoms with Gasteiger partial charge in [0.1, 0.15) is 11.9 Å². The maximum atomic E-state index is 9.36. The summed E-state index contributed by atoms with van der Waals surface area (Å²) in [7, 11) is 0. The van der Waals surface area contributed by atoms with E-state index in [1.54, 1.807) is 12.1 Å². The molecule has 0 bridgehead atoms. The Morgan fingerprint density at radius 2 is 1.93 bits per heavy atom. The van der Waals surface area contributed by atoms with Crippen LogP contribution in [0.15, 0.2) is 24.3 Å². The van der Waals surface area contributed by atoms with Crippen molar-refractivity contribution in [3.8, 4) is 18.1 Å². The molecule has 0 amide bonds. The van der Waals surface area contributed by atoms with E-state index in [1.807, 2.05) is 12.1 Å². The summed E-state index contributed by atoms with van der Waals surface area (Å²) < 4.78 is 5.50. The van der Waals surface area contributed by atoms with Crippen molar-refractivity contribution in [2.24, 2.45) is 5.92 Å². The molecule has 1 aromatic carbocycles. The lowest BCUT2D eigenvalue weighted by Crippen LogP contribution is -2.04. The van der Waals surface area contributed by atoms with Crippen LogP contribution >= 0.6 is 0 Å². The van der Waals surface area contributed by atoms with Crippen molar-refractivity contribution < 1.29 is 9.84 Å². The molecular weight excluding hydrogens is 188 g/mol. The first-order chi connectivity index (χ1) is 7.13. The van der Waals surface area contributed by atoms with Gasteiger partial charge in [0.15, 0.2) is 0 Å². The molecule has 0 saturated heterocycles. The van der Waals surface area contributed by atoms with E-state index >= 15 is 0 Å². The number of aliphatic hydroxyl groups is 1. The molecule has 1 N–H and O–H groups in total. The minimum absolute atomic E-state index is 0.501. The highest BCUT2D eigenvalue weighted by atomic mass is 16.5. The van der Waals surface area contributed by atoms with Gasteiger partial charge in [-0.1, -0.05) is 31.9 Å². The van der Waals surface area contributed by atoms with E-state index in [0.717, 1.165) is 11.3 Å². The number of hydrogen-bond donors (Lipinski definition) is 1. The summed E-state index contributed by atoms with van der Waals surface area (Å²) in [6, 6.07) is 7.19. The molecule has 0 aliphatic carbocycles. The molecule has 0 spiro atoms. The number of hydrogen-bond acceptors (Lipinski definition) is 2. The van der Waals surface area contributed by atoms with Crippen molar-refractivity contribution in [2.75, 3.05) is 6.61 Å². The van der Waals surface area contributed by atoms with Crippen molar-refractivity contribution in [3.05, 3.63) is 29.8 Å². The van der Waals surface area contributed by atoms with Crippen molar-refractivity contribution in [1.82, 2.24) is 0 Å². The molecule has 1 rings (SSSR count). The van der Waals surface area contributed by atoms with Crippen LogP contribution in [-0.4, -0.2) is 11.7 Å². The molecule has 0 saturated carbocycles. The zero-order chi connectivity index (χ0) is 11.3. The summed E-state index contributed by atoms with van der Waals surface area (Å²) in [5.74, 6) is 3.57. The van der Waals surface area contributed by atoms with Crippen LogP contribution in [0.5, 0.6) is 5.75 Å². The molecule has 2 heteroatoms. The summed E-state index contributed by atoms with van der Waals surface area (Å²) in [6.45, 7) is 4.88. The molecular formula is C13H16O2. The maximum Gasteiger partial charge on any atom is 0.139 e. The fourth-order valence-electron chi connectivity index (χ4n) is 1.11. The zero-order valence-electron chi connectivity index (χ0n) is 9.10. The Morgan fingerprint density at radius 1 is 1.33 bits per heavy atom. The summed E-state index contributed by atoms with van der Waals surface area (Å²) >= 11 is 0. The predicted octanol–water partition coefficient (Wildman–Crippen LogP) is 2.39. The second-order valence-electron chi connectivity index (χ2n) is 3.84. The first kappa shape index (κ1) is 11.6. The molecule has 2 nitrogen and oxygen atoms in total. The zero-order valence-corrected chi connectivity index (χ0v) is 9.10. The largest absolute Gasteiger partial charge is 0.493 e. The Kier molecular flexibility index (Phi) is 4.20. The SMILES string of the molecule is C#CC(O)c1ccc(OCC(C)C)cc1. The minimum Gasteiger partial charge on any atom is -0.493 e. The third-order valence-electron chi connectivity index (χ3n) is 1.94. The van der Waals surface area contributed by atoms with E-state index in [0.29, 0.717) is 12.5 Å². The number of benzene rings is 1. The third kappa shape index (κ3) is 3.65. The Morgan fingerprint density at radius 3 is 2.40 bits per heavy atom. The van der Waals surface area contributed by atoms with Gasteiger partial charge in [-0.05, 0) is 23.6 Å². The van der Waals surface area contributed by atoms with Gasteiger partial charge in [-0.15, -0.1) is 6.42 Å². The fourth-order valence-corrected chi connectivity index (χ4v) is 1.11. The van der Waals surface area contributed by atoms with E-state index in [9.17, 15) is 5.11 Å². The normalized spacial score (nSPS) is 12.2. The lowest BCUT2D eigenvalue weighted by atomic mass is 10.1. The van der Waals surface area contributed by atoms with Gasteiger partial charge in [0, 0.05) is 0 Å². The third-order valence-corrected chi connectivity index (χ3v) is 1.94. The van der Waals surface area contributed by atoms with Crippen molar-refractivity contribution in [1.29, 1.82) is 0 Å². The predicted molar refractivity (Wildman–Crippen MR) is 60.6 cm³/mol. The first-order valence-corrected chi connectivity index (χ1v) is 5.00. The molecule has 1 atom stereocenters. The van der Waals surface area contributed by atoms with Gasteiger partial charge < -0.3 is 9.84 Å². The van der Waals surface area contributed by atoms with Gasteiger partial charge in [-0.25, -0.2) is 0 Å². The van der Waals surface area contributed by atoms with Crippen LogP contribution in [-0.2, 0) is 0 Å². The van der Waals surface area contributed by atoms with Gasteiger partial charge in [-0.2, -0.15) is 0 Å². The van der Waals surface area contributed by atoms with Gasteiger partial charge >= 0.3 is 0 Å². The number of ether oxygens (including phenoxy) is 1. The highest BCUT2D eigenvalue weighted by molar-refractivity contribution is 5.31. The minimum atomic E-state index is -0.829. The second-order valence-corrected chi connectivity index (χ2v) is 3.84. The molecule has 80 valence electrons. The van der Waals surface area contributed by atoms with E-state index in [4.69, 9.17) is 11.2 Å². The van der Waals surface area contributed by atoms with Crippen LogP contribution in [0.4, 0.5) is 0 Å². The number of aliphatic hydroxyl groups excluding tert-OH is 1. The van der Waals surface area contributed by atoms with Gasteiger partial charge in [0.2, 0.25) is 0 Å². The van der Waals surface area contributed by atoms with Crippen LogP contribution in [0.2, 0.25) is 0 Å². The van der Waals surface area contributed by atoms with Crippen LogP contribution in [0, 0.1) is 18.3 Å². The average Bonchev–Trinajstić information content (AvgIpc) is 2.26.